The smallest absolute Gasteiger partial charge is 0.361 e. The maximum atomic E-state index is 12.1. The quantitative estimate of drug-likeness (QED) is 0.389. The Morgan fingerprint density at radius 3 is 1.70 bits per heavy atom. The topological polar surface area (TPSA) is 87.3 Å². The van der Waals surface area contributed by atoms with Gasteiger partial charge in [-0.25, -0.2) is 4.57 Å². The standard InChI is InChI=1S/C20H21N2O4P/c23-27(24,25-11-9-15-13-21-19-7-3-1-5-17(15)19)26-12-10-16-14-22-20-8-4-2-6-18(16)20/h1-8,13-14,21-22H,9-12H2,(H,23,24). The number of aromatic amines is 2. The largest absolute Gasteiger partial charge is 0.472 e. The second-order valence-electron chi connectivity index (χ2n) is 6.35. The van der Waals surface area contributed by atoms with E-state index < -0.39 is 7.82 Å². The molecular weight excluding hydrogens is 363 g/mol. The number of phosphoric ester groups is 1. The predicted octanol–water partition coefficient (Wildman–Crippen LogP) is 4.57. The average molecular weight is 384 g/mol. The lowest BCUT2D eigenvalue weighted by Gasteiger charge is -2.12. The lowest BCUT2D eigenvalue weighted by Crippen LogP contribution is -2.02. The van der Waals surface area contributed by atoms with E-state index in [1.165, 1.54) is 0 Å². The van der Waals surface area contributed by atoms with Crippen LogP contribution in [0, 0.1) is 0 Å². The van der Waals surface area contributed by atoms with Gasteiger partial charge in [-0.15, -0.1) is 0 Å². The number of para-hydroxylation sites is 2. The van der Waals surface area contributed by atoms with Crippen molar-refractivity contribution in [1.29, 1.82) is 0 Å². The number of H-pyrrole nitrogens is 2. The molecule has 0 unspecified atom stereocenters. The van der Waals surface area contributed by atoms with E-state index in [-0.39, 0.29) is 13.2 Å². The maximum absolute atomic E-state index is 12.1. The van der Waals surface area contributed by atoms with Gasteiger partial charge in [0.2, 0.25) is 0 Å². The van der Waals surface area contributed by atoms with Gasteiger partial charge in [0.1, 0.15) is 0 Å². The predicted molar refractivity (Wildman–Crippen MR) is 106 cm³/mol. The Bertz CT molecular complexity index is 1020. The highest BCUT2D eigenvalue weighted by molar-refractivity contribution is 7.47. The number of phosphoric acid groups is 1. The molecule has 0 amide bonds. The highest BCUT2D eigenvalue weighted by Crippen LogP contribution is 2.43. The van der Waals surface area contributed by atoms with E-state index in [1.54, 1.807) is 0 Å². The first-order valence-corrected chi connectivity index (χ1v) is 10.3. The van der Waals surface area contributed by atoms with Crippen LogP contribution >= 0.6 is 7.82 Å². The molecule has 0 radical (unpaired) electrons. The third kappa shape index (κ3) is 4.15. The molecule has 0 aliphatic heterocycles. The van der Waals surface area contributed by atoms with E-state index in [0.29, 0.717) is 12.8 Å². The summed E-state index contributed by atoms with van der Waals surface area (Å²) in [6.45, 7) is 0.228. The van der Waals surface area contributed by atoms with Crippen LogP contribution in [0.3, 0.4) is 0 Å². The molecule has 0 saturated heterocycles. The van der Waals surface area contributed by atoms with Crippen LogP contribution < -0.4 is 0 Å². The van der Waals surface area contributed by atoms with Gasteiger partial charge in [-0.3, -0.25) is 9.05 Å². The van der Waals surface area contributed by atoms with Gasteiger partial charge < -0.3 is 14.9 Å². The summed E-state index contributed by atoms with van der Waals surface area (Å²) in [6, 6.07) is 15.9. The van der Waals surface area contributed by atoms with Crippen LogP contribution in [-0.4, -0.2) is 28.1 Å². The number of hydrogen-bond acceptors (Lipinski definition) is 3. The highest BCUT2D eigenvalue weighted by atomic mass is 31.2. The van der Waals surface area contributed by atoms with Crippen LogP contribution in [0.4, 0.5) is 0 Å². The zero-order valence-corrected chi connectivity index (χ0v) is 15.6. The Kier molecular flexibility index (Phi) is 5.14. The second kappa shape index (κ2) is 7.71. The van der Waals surface area contributed by atoms with Crippen molar-refractivity contribution in [2.24, 2.45) is 0 Å². The van der Waals surface area contributed by atoms with Gasteiger partial charge in [-0.05, 0) is 36.1 Å². The first-order chi connectivity index (χ1) is 13.1. The molecule has 140 valence electrons. The summed E-state index contributed by atoms with van der Waals surface area (Å²) in [7, 11) is -4.07. The number of nitrogens with one attached hydrogen (secondary N) is 2. The van der Waals surface area contributed by atoms with Gasteiger partial charge in [0.25, 0.3) is 0 Å². The van der Waals surface area contributed by atoms with Gasteiger partial charge in [0.05, 0.1) is 13.2 Å². The van der Waals surface area contributed by atoms with Crippen LogP contribution in [0.5, 0.6) is 0 Å². The molecule has 3 N–H and O–H groups in total. The number of hydrogen-bond donors (Lipinski definition) is 3. The van der Waals surface area contributed by atoms with Gasteiger partial charge in [0.15, 0.2) is 0 Å². The molecule has 0 spiro atoms. The lowest BCUT2D eigenvalue weighted by molar-refractivity contribution is 0.152. The number of fused-ring (bicyclic) bond motifs is 2. The van der Waals surface area contributed by atoms with Crippen LogP contribution in [-0.2, 0) is 26.5 Å². The molecule has 27 heavy (non-hydrogen) atoms. The van der Waals surface area contributed by atoms with Crippen LogP contribution in [0.15, 0.2) is 60.9 Å². The van der Waals surface area contributed by atoms with E-state index in [1.807, 2.05) is 60.9 Å². The Balaban J connectivity index is 1.28. The van der Waals surface area contributed by atoms with E-state index in [4.69, 9.17) is 9.05 Å². The first-order valence-electron chi connectivity index (χ1n) is 8.84. The van der Waals surface area contributed by atoms with E-state index in [0.717, 1.165) is 32.9 Å². The highest BCUT2D eigenvalue weighted by Gasteiger charge is 2.21. The Morgan fingerprint density at radius 2 is 1.22 bits per heavy atom. The SMILES string of the molecule is O=P(O)(OCCc1c[nH]c2ccccc12)OCCc1c[nH]c2ccccc12. The van der Waals surface area contributed by atoms with Crippen molar-refractivity contribution in [2.45, 2.75) is 12.8 Å². The van der Waals surface area contributed by atoms with Gasteiger partial charge in [-0.1, -0.05) is 36.4 Å². The maximum Gasteiger partial charge on any atom is 0.472 e. The molecule has 0 aliphatic carbocycles. The molecule has 2 aromatic heterocycles. The molecule has 4 rings (SSSR count). The second-order valence-corrected chi connectivity index (χ2v) is 7.81. The van der Waals surface area contributed by atoms with Gasteiger partial charge in [-0.2, -0.15) is 0 Å². The fourth-order valence-corrected chi connectivity index (χ4v) is 3.97. The van der Waals surface area contributed by atoms with Crippen molar-refractivity contribution >= 4 is 29.6 Å². The normalized spacial score (nSPS) is 12.2. The Morgan fingerprint density at radius 1 is 0.778 bits per heavy atom. The molecule has 0 aliphatic rings. The molecule has 2 heterocycles. The van der Waals surface area contributed by atoms with Crippen molar-refractivity contribution in [3.63, 3.8) is 0 Å². The number of rotatable bonds is 8. The lowest BCUT2D eigenvalue weighted by atomic mass is 10.1. The van der Waals surface area contributed by atoms with Crippen molar-refractivity contribution < 1.29 is 18.5 Å². The summed E-state index contributed by atoms with van der Waals surface area (Å²) in [6.07, 6.45) is 4.85. The molecular formula is C20H21N2O4P. The summed E-state index contributed by atoms with van der Waals surface area (Å²) in [5.74, 6) is 0. The number of aromatic nitrogens is 2. The Hall–Kier alpha value is -2.37. The van der Waals surface area contributed by atoms with E-state index >= 15 is 0 Å². The van der Waals surface area contributed by atoms with Crippen molar-refractivity contribution in [3.05, 3.63) is 72.1 Å². The summed E-state index contributed by atoms with van der Waals surface area (Å²) in [4.78, 5) is 16.3. The zero-order chi connectivity index (χ0) is 18.7. The zero-order valence-electron chi connectivity index (χ0n) is 14.7. The summed E-state index contributed by atoms with van der Waals surface area (Å²) < 4.78 is 22.3. The van der Waals surface area contributed by atoms with Crippen molar-refractivity contribution in [3.8, 4) is 0 Å². The molecule has 0 fully saturated rings. The fraction of sp³-hybridized carbons (Fsp3) is 0.200. The molecule has 0 bridgehead atoms. The molecule has 0 saturated carbocycles. The van der Waals surface area contributed by atoms with Gasteiger partial charge in [0, 0.05) is 34.2 Å². The molecule has 2 aromatic carbocycles. The molecule has 4 aromatic rings. The molecule has 0 atom stereocenters. The third-order valence-electron chi connectivity index (χ3n) is 4.60. The van der Waals surface area contributed by atoms with Crippen molar-refractivity contribution in [2.75, 3.05) is 13.2 Å². The van der Waals surface area contributed by atoms with Crippen molar-refractivity contribution in [1.82, 2.24) is 9.97 Å². The third-order valence-corrected chi connectivity index (χ3v) is 5.62. The monoisotopic (exact) mass is 384 g/mol. The average Bonchev–Trinajstić information content (AvgIpc) is 3.26. The van der Waals surface area contributed by atoms with Gasteiger partial charge >= 0.3 is 7.82 Å². The fourth-order valence-electron chi connectivity index (χ4n) is 3.26. The summed E-state index contributed by atoms with van der Waals surface area (Å²) in [5.41, 5.74) is 4.16. The number of benzene rings is 2. The minimum Gasteiger partial charge on any atom is -0.361 e. The minimum atomic E-state index is -4.07. The molecule has 6 nitrogen and oxygen atoms in total. The Labute approximate surface area is 156 Å². The minimum absolute atomic E-state index is 0.114. The molecule has 7 heteroatoms. The summed E-state index contributed by atoms with van der Waals surface area (Å²) >= 11 is 0. The van der Waals surface area contributed by atoms with Crippen LogP contribution in [0.1, 0.15) is 11.1 Å². The van der Waals surface area contributed by atoms with E-state index in [2.05, 4.69) is 9.97 Å². The summed E-state index contributed by atoms with van der Waals surface area (Å²) in [5, 5.41) is 2.18. The van der Waals surface area contributed by atoms with Crippen LogP contribution in [0.25, 0.3) is 21.8 Å². The van der Waals surface area contributed by atoms with Crippen LogP contribution in [0.2, 0.25) is 0 Å². The van der Waals surface area contributed by atoms with E-state index in [9.17, 15) is 9.46 Å². The first kappa shape index (κ1) is 18.0.